The lowest BCUT2D eigenvalue weighted by atomic mass is 10.2. The lowest BCUT2D eigenvalue weighted by Gasteiger charge is -2.19. The van der Waals surface area contributed by atoms with Crippen LogP contribution >= 0.6 is 55.7 Å². The third kappa shape index (κ3) is 4.45. The van der Waals surface area contributed by atoms with E-state index in [9.17, 15) is 4.79 Å². The van der Waals surface area contributed by atoms with Gasteiger partial charge in [-0.05, 0) is 90.2 Å². The van der Waals surface area contributed by atoms with E-state index in [4.69, 9.17) is 9.47 Å². The summed E-state index contributed by atoms with van der Waals surface area (Å²) >= 11 is 4.59. The van der Waals surface area contributed by atoms with E-state index in [2.05, 4.69) is 106 Å². The molecule has 4 aromatic rings. The summed E-state index contributed by atoms with van der Waals surface area (Å²) in [5.41, 5.74) is -0.519. The van der Waals surface area contributed by atoms with Crippen molar-refractivity contribution in [1.82, 2.24) is 0 Å². The Morgan fingerprint density at radius 1 is 0.900 bits per heavy atom. The second-order valence-electron chi connectivity index (χ2n) is 7.89. The topological polar surface area (TPSA) is 35.5 Å². The van der Waals surface area contributed by atoms with Crippen molar-refractivity contribution < 1.29 is 14.3 Å². The predicted octanol–water partition coefficient (Wildman–Crippen LogP) is 7.66. The molecule has 3 nitrogen and oxygen atoms in total. The van der Waals surface area contributed by atoms with Crippen LogP contribution in [0.15, 0.2) is 60.7 Å². The number of hydrogen-bond acceptors (Lipinski definition) is 3. The van der Waals surface area contributed by atoms with Gasteiger partial charge in [0.1, 0.15) is 11.4 Å². The summed E-state index contributed by atoms with van der Waals surface area (Å²) in [5, 5.41) is 2.62. The number of rotatable bonds is 4. The highest BCUT2D eigenvalue weighted by atomic mass is 127. The van der Waals surface area contributed by atoms with E-state index in [1.807, 2.05) is 20.8 Å². The second-order valence-corrected chi connectivity index (χ2v) is 12.2. The average Bonchev–Trinajstić information content (AvgIpc) is 3.00. The lowest BCUT2D eigenvalue weighted by molar-refractivity contribution is -0.157. The van der Waals surface area contributed by atoms with Crippen LogP contribution in [0.3, 0.4) is 0 Å². The predicted molar refractivity (Wildman–Crippen MR) is 142 cm³/mol. The van der Waals surface area contributed by atoms with Gasteiger partial charge in [-0.15, -0.1) is 0 Å². The fourth-order valence-electron chi connectivity index (χ4n) is 3.40. The van der Waals surface area contributed by atoms with Crippen LogP contribution in [0.4, 0.5) is 0 Å². The number of carbonyl (C=O) groups excluding carboxylic acids is 1. The quantitative estimate of drug-likeness (QED) is 0.130. The third-order valence-electron chi connectivity index (χ3n) is 4.47. The molecule has 6 heteroatoms. The number of benzene rings is 3. The van der Waals surface area contributed by atoms with Gasteiger partial charge in [0.05, 0.1) is 7.14 Å². The molecule has 0 saturated carbocycles. The monoisotopic (exact) mass is 643 g/mol. The van der Waals surface area contributed by atoms with Crippen molar-refractivity contribution in [2.45, 2.75) is 26.4 Å². The van der Waals surface area contributed by atoms with E-state index in [0.29, 0.717) is 0 Å². The highest BCUT2D eigenvalue weighted by Crippen LogP contribution is 2.49. The number of thiophene rings is 1. The zero-order valence-corrected chi connectivity index (χ0v) is 22.0. The number of esters is 1. The first-order chi connectivity index (χ1) is 14.2. The maximum absolute atomic E-state index is 12.1. The minimum atomic E-state index is -0.519. The lowest BCUT2D eigenvalue weighted by Crippen LogP contribution is -2.27. The zero-order chi connectivity index (χ0) is 21.5. The highest BCUT2D eigenvalue weighted by Gasteiger charge is 2.25. The van der Waals surface area contributed by atoms with Crippen molar-refractivity contribution in [2.24, 2.45) is 0 Å². The molecule has 4 rings (SSSR count). The summed E-state index contributed by atoms with van der Waals surface area (Å²) in [5.74, 6) is 0.369. The molecule has 30 heavy (non-hydrogen) atoms. The number of ether oxygens (including phenoxy) is 2. The molecule has 0 spiro atoms. The summed E-state index contributed by atoms with van der Waals surface area (Å²) in [4.78, 5) is 13.3. The molecular formula is C24H21I2O3S+. The van der Waals surface area contributed by atoms with Gasteiger partial charge in [-0.1, -0.05) is 24.3 Å². The summed E-state index contributed by atoms with van der Waals surface area (Å²) < 4.78 is 15.9. The average molecular weight is 643 g/mol. The van der Waals surface area contributed by atoms with Crippen molar-refractivity contribution in [2.75, 3.05) is 6.61 Å². The van der Waals surface area contributed by atoms with Crippen LogP contribution in [0.25, 0.3) is 25.1 Å². The normalized spacial score (nSPS) is 11.8. The summed E-state index contributed by atoms with van der Waals surface area (Å²) in [7, 11) is -0.152. The first kappa shape index (κ1) is 21.8. The Kier molecular flexibility index (Phi) is 6.28. The Balaban J connectivity index is 1.73. The SMILES string of the molecule is CC(C)(C)OC(=O)COc1c(I)cc(-[s+]2c3ccccc3c3ccccc32)cc1I. The molecule has 0 atom stereocenters. The zero-order valence-electron chi connectivity index (χ0n) is 16.9. The first-order valence-electron chi connectivity index (χ1n) is 9.51. The molecular weight excluding hydrogens is 622 g/mol. The fraction of sp³-hybridized carbons (Fsp3) is 0.208. The largest absolute Gasteiger partial charge is 0.480 e. The summed E-state index contributed by atoms with van der Waals surface area (Å²) in [6.07, 6.45) is 0. The number of fused-ring (bicyclic) bond motifs is 3. The Morgan fingerprint density at radius 2 is 1.40 bits per heavy atom. The summed E-state index contributed by atoms with van der Waals surface area (Å²) in [6, 6.07) is 21.6. The van der Waals surface area contributed by atoms with Crippen molar-refractivity contribution in [3.8, 4) is 10.6 Å². The maximum atomic E-state index is 12.1. The van der Waals surface area contributed by atoms with Crippen molar-refractivity contribution in [3.05, 3.63) is 67.8 Å². The maximum Gasteiger partial charge on any atom is 0.344 e. The molecule has 3 aromatic carbocycles. The molecule has 1 aromatic heterocycles. The van der Waals surface area contributed by atoms with Gasteiger partial charge in [-0.3, -0.25) is 0 Å². The van der Waals surface area contributed by atoms with Gasteiger partial charge in [0.25, 0.3) is 0 Å². The molecule has 0 saturated heterocycles. The molecule has 1 heterocycles. The van der Waals surface area contributed by atoms with E-state index < -0.39 is 5.60 Å². The van der Waals surface area contributed by atoms with E-state index in [-0.39, 0.29) is 23.0 Å². The van der Waals surface area contributed by atoms with Gasteiger partial charge in [0.15, 0.2) is 20.9 Å². The highest BCUT2D eigenvalue weighted by molar-refractivity contribution is 14.1. The van der Waals surface area contributed by atoms with Crippen LogP contribution in [0.5, 0.6) is 5.75 Å². The number of carbonyl (C=O) groups is 1. The van der Waals surface area contributed by atoms with Crippen LogP contribution in [-0.2, 0) is 9.53 Å². The number of halogens is 2. The molecule has 0 aliphatic carbocycles. The summed E-state index contributed by atoms with van der Waals surface area (Å²) in [6.45, 7) is 5.46. The Morgan fingerprint density at radius 3 is 1.90 bits per heavy atom. The van der Waals surface area contributed by atoms with Gasteiger partial charge < -0.3 is 9.47 Å². The van der Waals surface area contributed by atoms with Crippen LogP contribution in [-0.4, -0.2) is 18.2 Å². The molecule has 0 radical (unpaired) electrons. The van der Waals surface area contributed by atoms with Crippen molar-refractivity contribution >= 4 is 81.8 Å². The van der Waals surface area contributed by atoms with E-state index in [0.717, 1.165) is 12.9 Å². The smallest absolute Gasteiger partial charge is 0.344 e. The molecule has 154 valence electrons. The van der Waals surface area contributed by atoms with E-state index in [1.54, 1.807) is 0 Å². The van der Waals surface area contributed by atoms with Gasteiger partial charge in [0.2, 0.25) is 0 Å². The first-order valence-corrected chi connectivity index (χ1v) is 12.9. The van der Waals surface area contributed by atoms with Gasteiger partial charge in [0, 0.05) is 33.4 Å². The van der Waals surface area contributed by atoms with Crippen LogP contribution < -0.4 is 4.74 Å². The molecule has 0 aliphatic rings. The minimum absolute atomic E-state index is 0.0972. The van der Waals surface area contributed by atoms with E-state index in [1.165, 1.54) is 25.1 Å². The van der Waals surface area contributed by atoms with Gasteiger partial charge in [-0.25, -0.2) is 4.79 Å². The fourth-order valence-corrected chi connectivity index (χ4v) is 8.34. The standard InChI is InChI=1S/C24H21I2O3S/c1-24(2,3)29-22(27)14-28-23-18(25)12-15(13-19(23)26)30-20-10-6-4-8-16(20)17-9-5-7-11-21(17)30/h4-13H,14H2,1-3H3/q+1. The molecule has 0 fully saturated rings. The Bertz CT molecular complexity index is 1180. The molecule has 0 unspecified atom stereocenters. The van der Waals surface area contributed by atoms with Gasteiger partial charge in [-0.2, -0.15) is 0 Å². The molecule has 0 aliphatic heterocycles. The minimum Gasteiger partial charge on any atom is -0.480 e. The van der Waals surface area contributed by atoms with Gasteiger partial charge >= 0.3 is 5.97 Å². The Hall–Kier alpha value is -1.39. The molecule has 0 amide bonds. The van der Waals surface area contributed by atoms with Crippen molar-refractivity contribution in [3.63, 3.8) is 0 Å². The van der Waals surface area contributed by atoms with Crippen molar-refractivity contribution in [1.29, 1.82) is 0 Å². The van der Waals surface area contributed by atoms with Crippen LogP contribution in [0.1, 0.15) is 20.8 Å². The van der Waals surface area contributed by atoms with E-state index >= 15 is 0 Å². The third-order valence-corrected chi connectivity index (χ3v) is 8.37. The Labute approximate surface area is 206 Å². The number of hydrogen-bond donors (Lipinski definition) is 0. The molecule has 0 bridgehead atoms. The molecule has 0 N–H and O–H groups in total. The second kappa shape index (κ2) is 8.63. The van der Waals surface area contributed by atoms with Crippen LogP contribution in [0, 0.1) is 7.14 Å². The van der Waals surface area contributed by atoms with Crippen LogP contribution in [0.2, 0.25) is 0 Å².